The van der Waals surface area contributed by atoms with Gasteiger partial charge in [0.25, 0.3) is 0 Å². The SMILES string of the molecule is CN(Cc1ccccn1)C[C@H](O)COc1ccc(OC[C@@H](O)CN(C)Cc2ccccn2)cc1. The van der Waals surface area contributed by atoms with Crippen molar-refractivity contribution < 1.29 is 19.7 Å². The standard InChI is InChI=1S/C26H34N4O4/c1-29(15-21-7-3-5-13-27-21)17-23(31)19-33-25-9-11-26(12-10-25)34-20-24(32)18-30(2)16-22-8-4-6-14-28-22/h3-14,23-24,31-32H,15-20H2,1-2H3/t23-,24-/m0/s1. The van der Waals surface area contributed by atoms with Gasteiger partial charge in [0, 0.05) is 38.6 Å². The Hall–Kier alpha value is -3.04. The van der Waals surface area contributed by atoms with E-state index >= 15 is 0 Å². The Kier molecular flexibility index (Phi) is 10.2. The van der Waals surface area contributed by atoms with Crippen molar-refractivity contribution in [2.45, 2.75) is 25.3 Å². The summed E-state index contributed by atoms with van der Waals surface area (Å²) in [5.41, 5.74) is 1.91. The van der Waals surface area contributed by atoms with Crippen LogP contribution in [0.3, 0.4) is 0 Å². The molecular weight excluding hydrogens is 432 g/mol. The molecule has 0 aliphatic heterocycles. The highest BCUT2D eigenvalue weighted by Crippen LogP contribution is 2.18. The lowest BCUT2D eigenvalue weighted by Gasteiger charge is -2.21. The number of hydrogen-bond donors (Lipinski definition) is 2. The van der Waals surface area contributed by atoms with Crippen LogP contribution in [0.4, 0.5) is 0 Å². The van der Waals surface area contributed by atoms with E-state index in [1.54, 1.807) is 36.7 Å². The van der Waals surface area contributed by atoms with E-state index in [1.807, 2.05) is 60.3 Å². The molecule has 0 radical (unpaired) electrons. The third-order valence-corrected chi connectivity index (χ3v) is 5.07. The molecule has 2 atom stereocenters. The van der Waals surface area contributed by atoms with Gasteiger partial charge in [-0.25, -0.2) is 0 Å². The fourth-order valence-corrected chi connectivity index (χ4v) is 3.51. The monoisotopic (exact) mass is 466 g/mol. The van der Waals surface area contributed by atoms with Gasteiger partial charge in [-0.15, -0.1) is 0 Å². The molecule has 1 aromatic carbocycles. The normalized spacial score (nSPS) is 13.1. The Morgan fingerprint density at radius 1 is 0.676 bits per heavy atom. The van der Waals surface area contributed by atoms with Crippen molar-refractivity contribution in [3.63, 3.8) is 0 Å². The van der Waals surface area contributed by atoms with Crippen molar-refractivity contribution in [2.75, 3.05) is 40.4 Å². The summed E-state index contributed by atoms with van der Waals surface area (Å²) in [4.78, 5) is 12.6. The van der Waals surface area contributed by atoms with E-state index in [-0.39, 0.29) is 13.2 Å². The Morgan fingerprint density at radius 3 is 1.44 bits per heavy atom. The maximum Gasteiger partial charge on any atom is 0.119 e. The molecule has 2 N–H and O–H groups in total. The van der Waals surface area contributed by atoms with Crippen molar-refractivity contribution in [2.24, 2.45) is 0 Å². The number of ether oxygens (including phenoxy) is 2. The summed E-state index contributed by atoms with van der Waals surface area (Å²) in [7, 11) is 3.88. The highest BCUT2D eigenvalue weighted by molar-refractivity contribution is 5.31. The number of nitrogens with zero attached hydrogens (tertiary/aromatic N) is 4. The Bertz CT molecular complexity index is 866. The molecule has 8 heteroatoms. The largest absolute Gasteiger partial charge is 0.491 e. The predicted octanol–water partition coefficient (Wildman–Crippen LogP) is 2.22. The van der Waals surface area contributed by atoms with Crippen LogP contribution in [0.1, 0.15) is 11.4 Å². The van der Waals surface area contributed by atoms with Crippen LogP contribution < -0.4 is 9.47 Å². The number of hydrogen-bond acceptors (Lipinski definition) is 8. The maximum atomic E-state index is 10.3. The lowest BCUT2D eigenvalue weighted by Crippen LogP contribution is -2.33. The van der Waals surface area contributed by atoms with Crippen molar-refractivity contribution in [1.82, 2.24) is 19.8 Å². The summed E-state index contributed by atoms with van der Waals surface area (Å²) >= 11 is 0. The third-order valence-electron chi connectivity index (χ3n) is 5.07. The van der Waals surface area contributed by atoms with E-state index < -0.39 is 12.2 Å². The highest BCUT2D eigenvalue weighted by Gasteiger charge is 2.12. The Morgan fingerprint density at radius 2 is 1.09 bits per heavy atom. The summed E-state index contributed by atoms with van der Waals surface area (Å²) in [6.45, 7) is 2.65. The zero-order valence-electron chi connectivity index (χ0n) is 19.8. The van der Waals surface area contributed by atoms with Crippen molar-refractivity contribution in [3.8, 4) is 11.5 Å². The number of aliphatic hydroxyl groups is 2. The molecular formula is C26H34N4O4. The van der Waals surface area contributed by atoms with Gasteiger partial charge in [-0.05, 0) is 62.6 Å². The average Bonchev–Trinajstić information content (AvgIpc) is 2.83. The molecule has 0 amide bonds. The van der Waals surface area contributed by atoms with Crippen molar-refractivity contribution >= 4 is 0 Å². The fourth-order valence-electron chi connectivity index (χ4n) is 3.51. The molecule has 0 unspecified atom stereocenters. The van der Waals surface area contributed by atoms with Crippen LogP contribution in [0.15, 0.2) is 73.1 Å². The molecule has 0 fully saturated rings. The van der Waals surface area contributed by atoms with Crippen LogP contribution >= 0.6 is 0 Å². The van der Waals surface area contributed by atoms with E-state index in [4.69, 9.17) is 9.47 Å². The Labute approximate surface area is 201 Å². The first-order valence-electron chi connectivity index (χ1n) is 11.4. The molecule has 3 rings (SSSR count). The highest BCUT2D eigenvalue weighted by atomic mass is 16.5. The average molecular weight is 467 g/mol. The molecule has 34 heavy (non-hydrogen) atoms. The summed E-state index contributed by atoms with van der Waals surface area (Å²) in [6.07, 6.45) is 2.28. The van der Waals surface area contributed by atoms with Gasteiger partial charge in [0.1, 0.15) is 36.9 Å². The number of aliphatic hydroxyl groups excluding tert-OH is 2. The van der Waals surface area contributed by atoms with Gasteiger partial charge in [-0.2, -0.15) is 0 Å². The summed E-state index contributed by atoms with van der Waals surface area (Å²) in [5, 5.41) is 20.6. The minimum absolute atomic E-state index is 0.189. The molecule has 0 saturated heterocycles. The third kappa shape index (κ3) is 9.44. The van der Waals surface area contributed by atoms with Gasteiger partial charge in [0.05, 0.1) is 11.4 Å². The van der Waals surface area contributed by atoms with Gasteiger partial charge >= 0.3 is 0 Å². The smallest absolute Gasteiger partial charge is 0.119 e. The van der Waals surface area contributed by atoms with Gasteiger partial charge in [0.2, 0.25) is 0 Å². The lowest BCUT2D eigenvalue weighted by atomic mass is 10.3. The maximum absolute atomic E-state index is 10.3. The Balaban J connectivity index is 1.33. The van der Waals surface area contributed by atoms with Crippen LogP contribution in [-0.2, 0) is 13.1 Å². The van der Waals surface area contributed by atoms with Crippen molar-refractivity contribution in [1.29, 1.82) is 0 Å². The summed E-state index contributed by atoms with van der Waals surface area (Å²) in [5.74, 6) is 1.30. The predicted molar refractivity (Wildman–Crippen MR) is 131 cm³/mol. The van der Waals surface area contributed by atoms with Gasteiger partial charge in [0.15, 0.2) is 0 Å². The number of likely N-dealkylation sites (N-methyl/N-ethyl adjacent to an activating group) is 2. The second kappa shape index (κ2) is 13.6. The minimum Gasteiger partial charge on any atom is -0.491 e. The number of rotatable bonds is 14. The first-order chi connectivity index (χ1) is 16.5. The van der Waals surface area contributed by atoms with E-state index in [0.29, 0.717) is 37.7 Å². The van der Waals surface area contributed by atoms with Gasteiger partial charge in [-0.1, -0.05) is 12.1 Å². The van der Waals surface area contributed by atoms with Gasteiger partial charge in [-0.3, -0.25) is 19.8 Å². The molecule has 3 aromatic rings. The molecule has 182 valence electrons. The van der Waals surface area contributed by atoms with Crippen LogP contribution in [0.2, 0.25) is 0 Å². The number of pyridine rings is 2. The molecule has 2 heterocycles. The molecule has 0 spiro atoms. The first kappa shape index (κ1) is 25.6. The second-order valence-electron chi connectivity index (χ2n) is 8.44. The number of aromatic nitrogens is 2. The van der Waals surface area contributed by atoms with Crippen LogP contribution in [0, 0.1) is 0 Å². The summed E-state index contributed by atoms with van der Waals surface area (Å²) in [6, 6.07) is 18.8. The van der Waals surface area contributed by atoms with Crippen LogP contribution in [0.5, 0.6) is 11.5 Å². The quantitative estimate of drug-likeness (QED) is 0.374. The fraction of sp³-hybridized carbons (Fsp3) is 0.385. The summed E-state index contributed by atoms with van der Waals surface area (Å²) < 4.78 is 11.4. The van der Waals surface area contributed by atoms with Crippen LogP contribution in [-0.4, -0.2) is 82.6 Å². The minimum atomic E-state index is -0.622. The molecule has 0 aliphatic rings. The van der Waals surface area contributed by atoms with E-state index in [9.17, 15) is 10.2 Å². The van der Waals surface area contributed by atoms with Crippen molar-refractivity contribution in [3.05, 3.63) is 84.4 Å². The van der Waals surface area contributed by atoms with E-state index in [1.165, 1.54) is 0 Å². The molecule has 0 saturated carbocycles. The molecule has 0 aliphatic carbocycles. The van der Waals surface area contributed by atoms with E-state index in [0.717, 1.165) is 11.4 Å². The molecule has 2 aromatic heterocycles. The van der Waals surface area contributed by atoms with Crippen LogP contribution in [0.25, 0.3) is 0 Å². The first-order valence-corrected chi connectivity index (χ1v) is 11.4. The molecule has 8 nitrogen and oxygen atoms in total. The zero-order chi connectivity index (χ0) is 24.2. The second-order valence-corrected chi connectivity index (χ2v) is 8.44. The zero-order valence-corrected chi connectivity index (χ0v) is 19.8. The van der Waals surface area contributed by atoms with Gasteiger partial charge < -0.3 is 19.7 Å². The van der Waals surface area contributed by atoms with E-state index in [2.05, 4.69) is 9.97 Å². The molecule has 0 bridgehead atoms. The lowest BCUT2D eigenvalue weighted by molar-refractivity contribution is 0.0725. The topological polar surface area (TPSA) is 91.2 Å². The number of benzene rings is 1.